The zero-order chi connectivity index (χ0) is 16.9. The van der Waals surface area contributed by atoms with E-state index in [-0.39, 0.29) is 0 Å². The monoisotopic (exact) mass is 333 g/mol. The van der Waals surface area contributed by atoms with Crippen LogP contribution < -0.4 is 0 Å². The van der Waals surface area contributed by atoms with Crippen LogP contribution in [0.1, 0.15) is 53.4 Å². The summed E-state index contributed by atoms with van der Waals surface area (Å²) in [5, 5.41) is 0. The fourth-order valence-electron chi connectivity index (χ4n) is 5.90. The average molecular weight is 334 g/mol. The van der Waals surface area contributed by atoms with Crippen molar-refractivity contribution in [3.8, 4) is 0 Å². The Hall–Kier alpha value is -0.120. The maximum absolute atomic E-state index is 2.82. The third-order valence-corrected chi connectivity index (χ3v) is 8.10. The lowest BCUT2D eigenvalue weighted by Crippen LogP contribution is -2.48. The van der Waals surface area contributed by atoms with Gasteiger partial charge in [-0.1, -0.05) is 0 Å². The number of nitrogens with zero attached hydrogens (tertiary/aromatic N) is 3. The van der Waals surface area contributed by atoms with Crippen LogP contribution >= 0.6 is 0 Å². The molecule has 2 atom stereocenters. The van der Waals surface area contributed by atoms with Gasteiger partial charge in [-0.2, -0.15) is 0 Å². The van der Waals surface area contributed by atoms with Crippen LogP contribution in [0.25, 0.3) is 0 Å². The molecule has 1 aliphatic carbocycles. The molecule has 24 heavy (non-hydrogen) atoms. The Morgan fingerprint density at radius 3 is 1.75 bits per heavy atom. The van der Waals surface area contributed by atoms with E-state index in [0.29, 0.717) is 5.41 Å². The van der Waals surface area contributed by atoms with Crippen LogP contribution in [0.3, 0.4) is 0 Å². The first-order valence-electron chi connectivity index (χ1n) is 10.7. The van der Waals surface area contributed by atoms with Crippen LogP contribution in [0.4, 0.5) is 0 Å². The summed E-state index contributed by atoms with van der Waals surface area (Å²) in [6.45, 7) is 19.0. The summed E-state index contributed by atoms with van der Waals surface area (Å²) in [4.78, 5) is 8.20. The van der Waals surface area contributed by atoms with Gasteiger partial charge < -0.3 is 14.7 Å². The molecule has 0 N–H and O–H groups in total. The molecule has 3 saturated heterocycles. The van der Waals surface area contributed by atoms with Crippen molar-refractivity contribution < 1.29 is 0 Å². The van der Waals surface area contributed by atoms with Gasteiger partial charge in [0.1, 0.15) is 0 Å². The number of hydrogen-bond donors (Lipinski definition) is 0. The van der Waals surface area contributed by atoms with E-state index in [1.807, 2.05) is 0 Å². The van der Waals surface area contributed by atoms with Crippen LogP contribution in [-0.4, -0.2) is 72.6 Å². The Morgan fingerprint density at radius 1 is 0.750 bits per heavy atom. The standard InChI is InChI=1S/C21H39N3/c1-16(2)23-11-7-21(8-12-23)5-9-22(10-6-21)13-18-19-14-24(17(3)4)15-20(18)19/h16-20H,5-15H2,1-4H3. The van der Waals surface area contributed by atoms with Gasteiger partial charge >= 0.3 is 0 Å². The molecule has 0 aromatic heterocycles. The molecule has 3 aliphatic heterocycles. The summed E-state index contributed by atoms with van der Waals surface area (Å²) in [5.41, 5.74) is 0.704. The minimum absolute atomic E-state index is 0.704. The maximum Gasteiger partial charge on any atom is 0.00388 e. The minimum atomic E-state index is 0.704. The molecule has 1 saturated carbocycles. The third-order valence-electron chi connectivity index (χ3n) is 8.10. The fourth-order valence-corrected chi connectivity index (χ4v) is 5.90. The van der Waals surface area contributed by atoms with E-state index in [0.717, 1.165) is 29.8 Å². The van der Waals surface area contributed by atoms with Gasteiger partial charge in [0.2, 0.25) is 0 Å². The van der Waals surface area contributed by atoms with Gasteiger partial charge in [0.05, 0.1) is 0 Å². The molecule has 0 bridgehead atoms. The Bertz CT molecular complexity index is 416. The molecule has 138 valence electrons. The Labute approximate surface area is 149 Å². The SMILES string of the molecule is CC(C)N1CCC2(CCN(CC3C4CN(C(C)C)CC34)CC2)CC1. The predicted octanol–water partition coefficient (Wildman–Crippen LogP) is 3.16. The van der Waals surface area contributed by atoms with E-state index in [9.17, 15) is 0 Å². The Kier molecular flexibility index (Phi) is 4.73. The van der Waals surface area contributed by atoms with E-state index in [1.165, 1.54) is 71.5 Å². The van der Waals surface area contributed by atoms with Gasteiger partial charge in [0.15, 0.2) is 0 Å². The number of piperidine rings is 3. The summed E-state index contributed by atoms with van der Waals surface area (Å²) in [6, 6.07) is 1.49. The highest BCUT2D eigenvalue weighted by molar-refractivity contribution is 5.07. The second-order valence-electron chi connectivity index (χ2n) is 9.97. The molecule has 0 radical (unpaired) electrons. The van der Waals surface area contributed by atoms with Crippen LogP contribution in [0.2, 0.25) is 0 Å². The first-order valence-corrected chi connectivity index (χ1v) is 10.7. The molecule has 4 aliphatic rings. The number of hydrogen-bond acceptors (Lipinski definition) is 3. The van der Waals surface area contributed by atoms with Crippen LogP contribution in [-0.2, 0) is 0 Å². The van der Waals surface area contributed by atoms with Crippen molar-refractivity contribution in [2.45, 2.75) is 65.5 Å². The summed E-state index contributed by atoms with van der Waals surface area (Å²) in [5.74, 6) is 3.12. The highest BCUT2D eigenvalue weighted by Crippen LogP contribution is 2.53. The van der Waals surface area contributed by atoms with E-state index < -0.39 is 0 Å². The average Bonchev–Trinajstić information content (AvgIpc) is 3.00. The van der Waals surface area contributed by atoms with Gasteiger partial charge in [-0.15, -0.1) is 0 Å². The van der Waals surface area contributed by atoms with E-state index in [4.69, 9.17) is 0 Å². The van der Waals surface area contributed by atoms with Crippen molar-refractivity contribution in [3.63, 3.8) is 0 Å². The first-order chi connectivity index (χ1) is 11.5. The molecule has 4 fully saturated rings. The third kappa shape index (κ3) is 3.29. The lowest BCUT2D eigenvalue weighted by Gasteiger charge is -2.48. The highest BCUT2D eigenvalue weighted by atomic mass is 15.2. The summed E-state index contributed by atoms with van der Waals surface area (Å²) >= 11 is 0. The molecule has 3 heterocycles. The quantitative estimate of drug-likeness (QED) is 0.782. The van der Waals surface area contributed by atoms with Crippen LogP contribution in [0.15, 0.2) is 0 Å². The largest absolute Gasteiger partial charge is 0.303 e. The molecule has 4 rings (SSSR count). The van der Waals surface area contributed by atoms with Crippen molar-refractivity contribution >= 4 is 0 Å². The van der Waals surface area contributed by atoms with Gasteiger partial charge in [-0.3, -0.25) is 0 Å². The van der Waals surface area contributed by atoms with Crippen LogP contribution in [0, 0.1) is 23.2 Å². The van der Waals surface area contributed by atoms with Crippen molar-refractivity contribution in [1.82, 2.24) is 14.7 Å². The van der Waals surface area contributed by atoms with Gasteiger partial charge in [-0.05, 0) is 103 Å². The van der Waals surface area contributed by atoms with E-state index in [1.54, 1.807) is 0 Å². The van der Waals surface area contributed by atoms with Crippen LogP contribution in [0.5, 0.6) is 0 Å². The topological polar surface area (TPSA) is 9.72 Å². The first kappa shape index (κ1) is 17.3. The molecule has 3 nitrogen and oxygen atoms in total. The molecular formula is C21H39N3. The Balaban J connectivity index is 1.20. The van der Waals surface area contributed by atoms with Crippen molar-refractivity contribution in [2.75, 3.05) is 45.8 Å². The summed E-state index contributed by atoms with van der Waals surface area (Å²) < 4.78 is 0. The molecule has 3 heteroatoms. The smallest absolute Gasteiger partial charge is 0.00388 e. The maximum atomic E-state index is 2.82. The van der Waals surface area contributed by atoms with Crippen molar-refractivity contribution in [2.24, 2.45) is 23.2 Å². The normalized spacial score (nSPS) is 37.5. The second kappa shape index (κ2) is 6.55. The van der Waals surface area contributed by atoms with Crippen molar-refractivity contribution in [3.05, 3.63) is 0 Å². The zero-order valence-corrected chi connectivity index (χ0v) is 16.5. The lowest BCUT2D eigenvalue weighted by atomic mass is 9.71. The van der Waals surface area contributed by atoms with Gasteiger partial charge in [0.25, 0.3) is 0 Å². The molecule has 0 amide bonds. The van der Waals surface area contributed by atoms with E-state index >= 15 is 0 Å². The number of fused-ring (bicyclic) bond motifs is 1. The Morgan fingerprint density at radius 2 is 1.25 bits per heavy atom. The van der Waals surface area contributed by atoms with E-state index in [2.05, 4.69) is 42.4 Å². The fraction of sp³-hybridized carbons (Fsp3) is 1.00. The molecule has 1 spiro atoms. The lowest BCUT2D eigenvalue weighted by molar-refractivity contribution is 0.0225. The number of rotatable bonds is 4. The molecular weight excluding hydrogens is 294 g/mol. The molecule has 0 aromatic carbocycles. The van der Waals surface area contributed by atoms with Gasteiger partial charge in [0, 0.05) is 31.7 Å². The summed E-state index contributed by atoms with van der Waals surface area (Å²) in [7, 11) is 0. The minimum Gasteiger partial charge on any atom is -0.303 e. The van der Waals surface area contributed by atoms with Gasteiger partial charge in [-0.25, -0.2) is 0 Å². The molecule has 2 unspecified atom stereocenters. The second-order valence-corrected chi connectivity index (χ2v) is 9.97. The zero-order valence-electron chi connectivity index (χ0n) is 16.5. The highest BCUT2D eigenvalue weighted by Gasteiger charge is 2.56. The summed E-state index contributed by atoms with van der Waals surface area (Å²) in [6.07, 6.45) is 5.85. The van der Waals surface area contributed by atoms with Crippen molar-refractivity contribution in [1.29, 1.82) is 0 Å². The molecule has 0 aromatic rings. The number of likely N-dealkylation sites (tertiary alicyclic amines) is 3. The predicted molar refractivity (Wildman–Crippen MR) is 101 cm³/mol.